The molecule has 0 saturated carbocycles. The standard InChI is InChI=1S/C12H7BrF6N2/c1-5-9(10(21-20-5)12(17,18)19)7-4-6(11(14,15)16)2-3-8(7)13/h2-4H,1H3,(H,20,21). The largest absolute Gasteiger partial charge is 0.435 e. The normalized spacial score (nSPS) is 12.8. The van der Waals surface area contributed by atoms with Crippen molar-refractivity contribution in [2.45, 2.75) is 19.3 Å². The van der Waals surface area contributed by atoms with E-state index >= 15 is 0 Å². The van der Waals surface area contributed by atoms with Gasteiger partial charge in [0, 0.05) is 21.3 Å². The first-order chi connectivity index (χ1) is 9.51. The molecule has 0 amide bonds. The first-order valence-electron chi connectivity index (χ1n) is 5.51. The Kier molecular flexibility index (Phi) is 3.81. The molecule has 0 saturated heterocycles. The van der Waals surface area contributed by atoms with Crippen molar-refractivity contribution in [3.8, 4) is 11.1 Å². The lowest BCUT2D eigenvalue weighted by atomic mass is 10.0. The Morgan fingerprint density at radius 3 is 2.19 bits per heavy atom. The molecule has 0 unspecified atom stereocenters. The van der Waals surface area contributed by atoms with Crippen LogP contribution in [0, 0.1) is 6.92 Å². The maximum absolute atomic E-state index is 12.9. The number of halogens is 7. The van der Waals surface area contributed by atoms with Crippen LogP contribution < -0.4 is 0 Å². The predicted octanol–water partition coefficient (Wildman–Crippen LogP) is 5.19. The molecule has 0 fully saturated rings. The third-order valence-corrected chi connectivity index (χ3v) is 3.47. The van der Waals surface area contributed by atoms with Crippen molar-refractivity contribution in [2.75, 3.05) is 0 Å². The number of rotatable bonds is 1. The minimum absolute atomic E-state index is 0.0300. The molecule has 21 heavy (non-hydrogen) atoms. The van der Waals surface area contributed by atoms with Crippen molar-refractivity contribution < 1.29 is 26.3 Å². The second kappa shape index (κ2) is 5.04. The molecule has 1 aromatic carbocycles. The number of nitrogens with zero attached hydrogens (tertiary/aromatic N) is 1. The molecule has 0 aliphatic rings. The number of alkyl halides is 6. The number of nitrogens with one attached hydrogen (secondary N) is 1. The van der Waals surface area contributed by atoms with Gasteiger partial charge in [0.05, 0.1) is 5.56 Å². The van der Waals surface area contributed by atoms with Crippen LogP contribution in [0.25, 0.3) is 11.1 Å². The molecule has 1 heterocycles. The fraction of sp³-hybridized carbons (Fsp3) is 0.250. The van der Waals surface area contributed by atoms with Crippen molar-refractivity contribution in [1.29, 1.82) is 0 Å². The van der Waals surface area contributed by atoms with Crippen LogP contribution in [0.5, 0.6) is 0 Å². The first kappa shape index (κ1) is 15.9. The zero-order chi connectivity index (χ0) is 16.0. The Hall–Kier alpha value is -1.51. The smallest absolute Gasteiger partial charge is 0.282 e. The minimum Gasteiger partial charge on any atom is -0.282 e. The summed E-state index contributed by atoms with van der Waals surface area (Å²) in [7, 11) is 0. The fourth-order valence-corrected chi connectivity index (χ4v) is 2.30. The van der Waals surface area contributed by atoms with Crippen LogP contribution in [-0.2, 0) is 12.4 Å². The minimum atomic E-state index is -4.77. The van der Waals surface area contributed by atoms with Gasteiger partial charge in [-0.2, -0.15) is 31.4 Å². The zero-order valence-electron chi connectivity index (χ0n) is 10.3. The van der Waals surface area contributed by atoms with Gasteiger partial charge < -0.3 is 0 Å². The van der Waals surface area contributed by atoms with E-state index in [-0.39, 0.29) is 15.7 Å². The van der Waals surface area contributed by atoms with Gasteiger partial charge in [-0.05, 0) is 25.1 Å². The molecule has 0 aliphatic heterocycles. The molecule has 0 bridgehead atoms. The van der Waals surface area contributed by atoms with Crippen molar-refractivity contribution in [2.24, 2.45) is 0 Å². The maximum atomic E-state index is 12.9. The lowest BCUT2D eigenvalue weighted by Gasteiger charge is -2.12. The lowest BCUT2D eigenvalue weighted by Crippen LogP contribution is -2.09. The molecular formula is C12H7BrF6N2. The van der Waals surface area contributed by atoms with Crippen LogP contribution in [0.2, 0.25) is 0 Å². The number of aromatic amines is 1. The molecule has 0 aliphatic carbocycles. The van der Waals surface area contributed by atoms with Gasteiger partial charge in [0.2, 0.25) is 0 Å². The second-order valence-electron chi connectivity index (χ2n) is 4.26. The molecule has 0 atom stereocenters. The highest BCUT2D eigenvalue weighted by Crippen LogP contribution is 2.42. The van der Waals surface area contributed by atoms with E-state index in [2.05, 4.69) is 26.1 Å². The predicted molar refractivity (Wildman–Crippen MR) is 66.5 cm³/mol. The van der Waals surface area contributed by atoms with Crippen molar-refractivity contribution in [3.05, 3.63) is 39.6 Å². The number of hydrogen-bond acceptors (Lipinski definition) is 1. The molecule has 2 nitrogen and oxygen atoms in total. The van der Waals surface area contributed by atoms with Crippen LogP contribution in [0.3, 0.4) is 0 Å². The Bertz CT molecular complexity index is 671. The third kappa shape index (κ3) is 3.07. The van der Waals surface area contributed by atoms with Gasteiger partial charge in [-0.3, -0.25) is 5.10 Å². The van der Waals surface area contributed by atoms with Crippen molar-refractivity contribution in [1.82, 2.24) is 10.2 Å². The van der Waals surface area contributed by atoms with Crippen LogP contribution in [0.1, 0.15) is 17.0 Å². The second-order valence-corrected chi connectivity index (χ2v) is 5.12. The van der Waals surface area contributed by atoms with E-state index in [4.69, 9.17) is 0 Å². The van der Waals surface area contributed by atoms with E-state index in [1.807, 2.05) is 0 Å². The highest BCUT2D eigenvalue weighted by molar-refractivity contribution is 9.10. The SMILES string of the molecule is Cc1[nH]nc(C(F)(F)F)c1-c1cc(C(F)(F)F)ccc1Br. The number of aryl methyl sites for hydroxylation is 1. The van der Waals surface area contributed by atoms with E-state index in [1.54, 1.807) is 0 Å². The number of hydrogen-bond donors (Lipinski definition) is 1. The molecule has 1 N–H and O–H groups in total. The molecule has 9 heteroatoms. The Balaban J connectivity index is 2.71. The van der Waals surface area contributed by atoms with E-state index < -0.39 is 29.2 Å². The molecule has 0 radical (unpaired) electrons. The number of benzene rings is 1. The quantitative estimate of drug-likeness (QED) is 0.686. The summed E-state index contributed by atoms with van der Waals surface area (Å²) >= 11 is 2.98. The summed E-state index contributed by atoms with van der Waals surface area (Å²) in [6.07, 6.45) is -9.42. The van der Waals surface area contributed by atoms with Gasteiger partial charge in [-0.15, -0.1) is 0 Å². The van der Waals surface area contributed by atoms with E-state index in [0.29, 0.717) is 6.07 Å². The molecule has 0 spiro atoms. The summed E-state index contributed by atoms with van der Waals surface area (Å²) < 4.78 is 76.9. The lowest BCUT2D eigenvalue weighted by molar-refractivity contribution is -0.140. The Morgan fingerprint density at radius 2 is 1.67 bits per heavy atom. The molecule has 2 aromatic rings. The maximum Gasteiger partial charge on any atom is 0.435 e. The summed E-state index contributed by atoms with van der Waals surface area (Å²) in [6, 6.07) is 2.51. The molecule has 1 aromatic heterocycles. The van der Waals surface area contributed by atoms with Crippen LogP contribution >= 0.6 is 15.9 Å². The van der Waals surface area contributed by atoms with Gasteiger partial charge in [-0.25, -0.2) is 0 Å². The van der Waals surface area contributed by atoms with E-state index in [0.717, 1.165) is 12.1 Å². The fourth-order valence-electron chi connectivity index (χ4n) is 1.86. The first-order valence-corrected chi connectivity index (χ1v) is 6.30. The summed E-state index contributed by atoms with van der Waals surface area (Å²) in [4.78, 5) is 0. The average Bonchev–Trinajstić information content (AvgIpc) is 2.70. The highest BCUT2D eigenvalue weighted by Gasteiger charge is 2.39. The van der Waals surface area contributed by atoms with Gasteiger partial charge in [0.1, 0.15) is 0 Å². The van der Waals surface area contributed by atoms with Crippen LogP contribution in [0.4, 0.5) is 26.3 Å². The van der Waals surface area contributed by atoms with Gasteiger partial charge in [-0.1, -0.05) is 15.9 Å². The van der Waals surface area contributed by atoms with Crippen molar-refractivity contribution >= 4 is 15.9 Å². The van der Waals surface area contributed by atoms with Gasteiger partial charge in [0.15, 0.2) is 5.69 Å². The van der Waals surface area contributed by atoms with Crippen molar-refractivity contribution in [3.63, 3.8) is 0 Å². The summed E-state index contributed by atoms with van der Waals surface area (Å²) in [5.74, 6) is 0. The number of aromatic nitrogens is 2. The van der Waals surface area contributed by atoms with E-state index in [9.17, 15) is 26.3 Å². The average molecular weight is 373 g/mol. The summed E-state index contributed by atoms with van der Waals surface area (Å²) in [6.45, 7) is 1.31. The third-order valence-electron chi connectivity index (χ3n) is 2.78. The van der Waals surface area contributed by atoms with Gasteiger partial charge >= 0.3 is 12.4 Å². The Labute approximate surface area is 123 Å². The molecule has 2 rings (SSSR count). The molecule has 114 valence electrons. The van der Waals surface area contributed by atoms with Gasteiger partial charge in [0.25, 0.3) is 0 Å². The topological polar surface area (TPSA) is 28.7 Å². The zero-order valence-corrected chi connectivity index (χ0v) is 11.9. The van der Waals surface area contributed by atoms with E-state index in [1.165, 1.54) is 6.92 Å². The summed E-state index contributed by atoms with van der Waals surface area (Å²) in [5, 5.41) is 5.30. The monoisotopic (exact) mass is 372 g/mol. The highest BCUT2D eigenvalue weighted by atomic mass is 79.9. The Morgan fingerprint density at radius 1 is 1.05 bits per heavy atom. The van der Waals surface area contributed by atoms with Crippen LogP contribution in [0.15, 0.2) is 22.7 Å². The number of H-pyrrole nitrogens is 1. The van der Waals surface area contributed by atoms with Crippen LogP contribution in [-0.4, -0.2) is 10.2 Å². The summed E-state index contributed by atoms with van der Waals surface area (Å²) in [5.41, 5.74) is -2.87. The molecular weight excluding hydrogens is 366 g/mol.